The first kappa shape index (κ1) is 12.8. The Morgan fingerprint density at radius 3 is 2.50 bits per heavy atom. The number of carbonyl (C=O) groups is 1. The third kappa shape index (κ3) is 2.57. The zero-order valence-corrected chi connectivity index (χ0v) is 11.2. The van der Waals surface area contributed by atoms with Gasteiger partial charge in [0.2, 0.25) is 0 Å². The monoisotopic (exact) mass is 271 g/mol. The maximum atomic E-state index is 10.8. The van der Waals surface area contributed by atoms with Crippen LogP contribution >= 0.6 is 0 Å². The standard InChI is InChI=1S/C15H17N3O2/c19-15(20)12-6-8-13(9-7-12)18-10-14(16-17-18)11-4-2-1-3-5-11/h6-11H,1-5H2,(H,19,20). The molecule has 1 aromatic carbocycles. The van der Waals surface area contributed by atoms with Crippen LogP contribution in [0.4, 0.5) is 0 Å². The van der Waals surface area contributed by atoms with Crippen LogP contribution < -0.4 is 0 Å². The number of benzene rings is 1. The Morgan fingerprint density at radius 1 is 1.15 bits per heavy atom. The normalized spacial score (nSPS) is 16.2. The van der Waals surface area contributed by atoms with Crippen molar-refractivity contribution in [2.24, 2.45) is 0 Å². The van der Waals surface area contributed by atoms with Crippen molar-refractivity contribution in [3.8, 4) is 5.69 Å². The summed E-state index contributed by atoms with van der Waals surface area (Å²) in [6, 6.07) is 6.67. The molecule has 0 atom stereocenters. The lowest BCUT2D eigenvalue weighted by Crippen LogP contribution is -2.04. The summed E-state index contributed by atoms with van der Waals surface area (Å²) in [5.74, 6) is -0.395. The van der Waals surface area contributed by atoms with E-state index in [4.69, 9.17) is 5.11 Å². The fourth-order valence-corrected chi connectivity index (χ4v) is 2.75. The van der Waals surface area contributed by atoms with E-state index in [1.54, 1.807) is 28.9 Å². The topological polar surface area (TPSA) is 68.0 Å². The molecule has 1 N–H and O–H groups in total. The summed E-state index contributed by atoms with van der Waals surface area (Å²) < 4.78 is 1.72. The number of carboxylic acid groups (broad SMARTS) is 1. The highest BCUT2D eigenvalue weighted by atomic mass is 16.4. The van der Waals surface area contributed by atoms with E-state index in [9.17, 15) is 4.79 Å². The molecule has 0 radical (unpaired) electrons. The van der Waals surface area contributed by atoms with Gasteiger partial charge in [0.15, 0.2) is 0 Å². The van der Waals surface area contributed by atoms with E-state index in [2.05, 4.69) is 10.3 Å². The number of hydrogen-bond donors (Lipinski definition) is 1. The molecule has 2 aromatic rings. The molecule has 0 aliphatic heterocycles. The van der Waals surface area contributed by atoms with E-state index in [1.807, 2.05) is 6.20 Å². The average Bonchev–Trinajstić information content (AvgIpc) is 2.98. The zero-order chi connectivity index (χ0) is 13.9. The van der Waals surface area contributed by atoms with Gasteiger partial charge in [0.05, 0.1) is 23.1 Å². The average molecular weight is 271 g/mol. The summed E-state index contributed by atoms with van der Waals surface area (Å²) in [6.07, 6.45) is 8.20. The van der Waals surface area contributed by atoms with Crippen LogP contribution in [0.5, 0.6) is 0 Å². The minimum absolute atomic E-state index is 0.279. The lowest BCUT2D eigenvalue weighted by Gasteiger charge is -2.18. The summed E-state index contributed by atoms with van der Waals surface area (Å²) >= 11 is 0. The number of aromatic carboxylic acids is 1. The van der Waals surface area contributed by atoms with Crippen molar-refractivity contribution in [2.45, 2.75) is 38.0 Å². The van der Waals surface area contributed by atoms with E-state index in [0.29, 0.717) is 5.92 Å². The van der Waals surface area contributed by atoms with Crippen LogP contribution in [0.1, 0.15) is 54.1 Å². The maximum Gasteiger partial charge on any atom is 0.335 e. The second-order valence-electron chi connectivity index (χ2n) is 5.27. The predicted octanol–water partition coefficient (Wildman–Crippen LogP) is 3.01. The molecule has 0 unspecified atom stereocenters. The van der Waals surface area contributed by atoms with Crippen LogP contribution in [-0.2, 0) is 0 Å². The summed E-state index contributed by atoms with van der Waals surface area (Å²) in [4.78, 5) is 10.8. The van der Waals surface area contributed by atoms with Crippen LogP contribution in [0, 0.1) is 0 Å². The third-order valence-electron chi connectivity index (χ3n) is 3.91. The first-order valence-electron chi connectivity index (χ1n) is 7.00. The van der Waals surface area contributed by atoms with Gasteiger partial charge in [-0.2, -0.15) is 0 Å². The Bertz CT molecular complexity index is 598. The van der Waals surface area contributed by atoms with Gasteiger partial charge in [-0.25, -0.2) is 9.48 Å². The summed E-state index contributed by atoms with van der Waals surface area (Å²) in [6.45, 7) is 0. The summed E-state index contributed by atoms with van der Waals surface area (Å²) in [5, 5.41) is 17.3. The molecule has 3 rings (SSSR count). The SMILES string of the molecule is O=C(O)c1ccc(-n2cc(C3CCCCC3)nn2)cc1. The Balaban J connectivity index is 1.80. The molecular formula is C15H17N3O2. The molecule has 1 aliphatic carbocycles. The molecule has 1 heterocycles. The molecule has 104 valence electrons. The highest BCUT2D eigenvalue weighted by molar-refractivity contribution is 5.87. The fraction of sp³-hybridized carbons (Fsp3) is 0.400. The van der Waals surface area contributed by atoms with Crippen LogP contribution in [-0.4, -0.2) is 26.1 Å². The Labute approximate surface area is 117 Å². The van der Waals surface area contributed by atoms with E-state index in [0.717, 1.165) is 11.4 Å². The Hall–Kier alpha value is -2.17. The van der Waals surface area contributed by atoms with E-state index >= 15 is 0 Å². The molecule has 5 nitrogen and oxygen atoms in total. The van der Waals surface area contributed by atoms with E-state index in [1.165, 1.54) is 32.1 Å². The molecule has 0 amide bonds. The van der Waals surface area contributed by atoms with Gasteiger partial charge < -0.3 is 5.11 Å². The second kappa shape index (κ2) is 5.45. The first-order chi connectivity index (χ1) is 9.74. The predicted molar refractivity (Wildman–Crippen MR) is 74.1 cm³/mol. The number of hydrogen-bond acceptors (Lipinski definition) is 3. The van der Waals surface area contributed by atoms with Gasteiger partial charge in [-0.1, -0.05) is 24.5 Å². The Morgan fingerprint density at radius 2 is 1.85 bits per heavy atom. The molecule has 0 bridgehead atoms. The highest BCUT2D eigenvalue weighted by Crippen LogP contribution is 2.31. The lowest BCUT2D eigenvalue weighted by molar-refractivity contribution is 0.0697. The van der Waals surface area contributed by atoms with Gasteiger partial charge in [-0.3, -0.25) is 0 Å². The van der Waals surface area contributed by atoms with Crippen LogP contribution in [0.15, 0.2) is 30.5 Å². The van der Waals surface area contributed by atoms with Crippen molar-refractivity contribution >= 4 is 5.97 Å². The fourth-order valence-electron chi connectivity index (χ4n) is 2.75. The second-order valence-corrected chi connectivity index (χ2v) is 5.27. The van der Waals surface area contributed by atoms with Crippen molar-refractivity contribution in [1.82, 2.24) is 15.0 Å². The van der Waals surface area contributed by atoms with Crippen LogP contribution in [0.2, 0.25) is 0 Å². The minimum atomic E-state index is -0.918. The summed E-state index contributed by atoms with van der Waals surface area (Å²) in [7, 11) is 0. The van der Waals surface area contributed by atoms with Crippen molar-refractivity contribution in [2.75, 3.05) is 0 Å². The van der Waals surface area contributed by atoms with E-state index < -0.39 is 5.97 Å². The van der Waals surface area contributed by atoms with Gasteiger partial charge in [-0.05, 0) is 37.1 Å². The highest BCUT2D eigenvalue weighted by Gasteiger charge is 2.18. The summed E-state index contributed by atoms with van der Waals surface area (Å²) in [5.41, 5.74) is 2.16. The first-order valence-corrected chi connectivity index (χ1v) is 7.00. The smallest absolute Gasteiger partial charge is 0.335 e. The molecule has 1 aromatic heterocycles. The zero-order valence-electron chi connectivity index (χ0n) is 11.2. The molecule has 0 spiro atoms. The molecule has 20 heavy (non-hydrogen) atoms. The number of rotatable bonds is 3. The largest absolute Gasteiger partial charge is 0.478 e. The minimum Gasteiger partial charge on any atom is -0.478 e. The lowest BCUT2D eigenvalue weighted by atomic mass is 9.87. The third-order valence-corrected chi connectivity index (χ3v) is 3.91. The molecule has 5 heteroatoms. The van der Waals surface area contributed by atoms with Crippen LogP contribution in [0.25, 0.3) is 5.69 Å². The number of carboxylic acids is 1. The molecule has 1 saturated carbocycles. The maximum absolute atomic E-state index is 10.8. The molecule has 1 fully saturated rings. The van der Waals surface area contributed by atoms with Crippen molar-refractivity contribution in [3.63, 3.8) is 0 Å². The molecular weight excluding hydrogens is 254 g/mol. The van der Waals surface area contributed by atoms with Gasteiger partial charge in [-0.15, -0.1) is 5.10 Å². The van der Waals surface area contributed by atoms with Gasteiger partial charge in [0, 0.05) is 5.92 Å². The van der Waals surface area contributed by atoms with Gasteiger partial charge >= 0.3 is 5.97 Å². The Kier molecular flexibility index (Phi) is 3.50. The van der Waals surface area contributed by atoms with Crippen molar-refractivity contribution in [3.05, 3.63) is 41.7 Å². The molecule has 0 saturated heterocycles. The van der Waals surface area contributed by atoms with Crippen LogP contribution in [0.3, 0.4) is 0 Å². The quantitative estimate of drug-likeness (QED) is 0.931. The van der Waals surface area contributed by atoms with Gasteiger partial charge in [0.1, 0.15) is 0 Å². The number of aromatic nitrogens is 3. The van der Waals surface area contributed by atoms with Crippen molar-refractivity contribution < 1.29 is 9.90 Å². The number of nitrogens with zero attached hydrogens (tertiary/aromatic N) is 3. The molecule has 1 aliphatic rings. The van der Waals surface area contributed by atoms with Gasteiger partial charge in [0.25, 0.3) is 0 Å². The van der Waals surface area contributed by atoms with Crippen molar-refractivity contribution in [1.29, 1.82) is 0 Å². The van der Waals surface area contributed by atoms with E-state index in [-0.39, 0.29) is 5.56 Å².